The Bertz CT molecular complexity index is 774. The van der Waals surface area contributed by atoms with Gasteiger partial charge in [0.2, 0.25) is 5.91 Å². The lowest BCUT2D eigenvalue weighted by atomic mass is 10.1. The Morgan fingerprint density at radius 1 is 1.36 bits per heavy atom. The first-order valence-corrected chi connectivity index (χ1v) is 7.96. The maximum atomic E-state index is 13.0. The third-order valence-corrected chi connectivity index (χ3v) is 4.25. The van der Waals surface area contributed by atoms with E-state index in [4.69, 9.17) is 4.52 Å². The standard InChI is InChI=1S/C17H19FN4O3/c1-11-16(23)21(2)7-8-22(11)17(24)19-10-14-9-15(20-25-14)12-3-5-13(18)6-4-12/h3-6,9,11H,7-8,10H2,1-2H3,(H,19,24). The summed E-state index contributed by atoms with van der Waals surface area (Å²) >= 11 is 0. The number of rotatable bonds is 3. The number of likely N-dealkylation sites (N-methyl/N-ethyl adjacent to an activating group) is 1. The van der Waals surface area contributed by atoms with Crippen molar-refractivity contribution in [2.24, 2.45) is 0 Å². The molecule has 1 N–H and O–H groups in total. The molecule has 3 rings (SSSR count). The molecule has 1 aliphatic rings. The highest BCUT2D eigenvalue weighted by atomic mass is 19.1. The molecule has 0 saturated carbocycles. The summed E-state index contributed by atoms with van der Waals surface area (Å²) in [5.74, 6) is 0.0658. The van der Waals surface area contributed by atoms with Gasteiger partial charge >= 0.3 is 6.03 Å². The van der Waals surface area contributed by atoms with Crippen LogP contribution in [0.4, 0.5) is 9.18 Å². The van der Waals surface area contributed by atoms with E-state index < -0.39 is 6.04 Å². The van der Waals surface area contributed by atoms with Gasteiger partial charge in [0.1, 0.15) is 17.6 Å². The van der Waals surface area contributed by atoms with Gasteiger partial charge in [-0.15, -0.1) is 0 Å². The smallest absolute Gasteiger partial charge is 0.318 e. The summed E-state index contributed by atoms with van der Waals surface area (Å²) in [6.07, 6.45) is 0. The van der Waals surface area contributed by atoms with Crippen molar-refractivity contribution < 1.29 is 18.5 Å². The molecular weight excluding hydrogens is 327 g/mol. The zero-order valence-corrected chi connectivity index (χ0v) is 14.0. The SMILES string of the molecule is CC1C(=O)N(C)CCN1C(=O)NCc1cc(-c2ccc(F)cc2)no1. The van der Waals surface area contributed by atoms with Gasteiger partial charge in [-0.3, -0.25) is 4.79 Å². The summed E-state index contributed by atoms with van der Waals surface area (Å²) < 4.78 is 18.2. The van der Waals surface area contributed by atoms with Crippen LogP contribution in [0.15, 0.2) is 34.9 Å². The molecule has 2 heterocycles. The van der Waals surface area contributed by atoms with E-state index in [1.165, 1.54) is 17.0 Å². The van der Waals surface area contributed by atoms with E-state index in [1.54, 1.807) is 37.1 Å². The van der Waals surface area contributed by atoms with E-state index >= 15 is 0 Å². The second-order valence-electron chi connectivity index (χ2n) is 5.97. The van der Waals surface area contributed by atoms with Gasteiger partial charge in [-0.05, 0) is 31.2 Å². The van der Waals surface area contributed by atoms with Gasteiger partial charge in [0.15, 0.2) is 5.76 Å². The quantitative estimate of drug-likeness (QED) is 0.920. The lowest BCUT2D eigenvalue weighted by Crippen LogP contribution is -2.58. The average molecular weight is 346 g/mol. The third-order valence-electron chi connectivity index (χ3n) is 4.25. The maximum Gasteiger partial charge on any atom is 0.318 e. The fourth-order valence-electron chi connectivity index (χ4n) is 2.71. The van der Waals surface area contributed by atoms with E-state index in [2.05, 4.69) is 10.5 Å². The zero-order chi connectivity index (χ0) is 18.0. The zero-order valence-electron chi connectivity index (χ0n) is 14.0. The molecule has 7 nitrogen and oxygen atoms in total. The molecule has 132 valence electrons. The van der Waals surface area contributed by atoms with Gasteiger partial charge in [0, 0.05) is 31.8 Å². The van der Waals surface area contributed by atoms with E-state index in [1.807, 2.05) is 0 Å². The average Bonchev–Trinajstić information content (AvgIpc) is 3.07. The Morgan fingerprint density at radius 2 is 2.08 bits per heavy atom. The Balaban J connectivity index is 1.59. The molecule has 3 amide bonds. The van der Waals surface area contributed by atoms with Gasteiger partial charge in [-0.2, -0.15) is 0 Å². The molecule has 0 bridgehead atoms. The first kappa shape index (κ1) is 16.9. The molecular formula is C17H19FN4O3. The first-order valence-electron chi connectivity index (χ1n) is 7.96. The summed E-state index contributed by atoms with van der Waals surface area (Å²) in [6.45, 7) is 2.85. The van der Waals surface area contributed by atoms with Crippen molar-refractivity contribution in [3.8, 4) is 11.3 Å². The van der Waals surface area contributed by atoms with Crippen molar-refractivity contribution in [2.75, 3.05) is 20.1 Å². The van der Waals surface area contributed by atoms with Gasteiger partial charge < -0.3 is 19.6 Å². The van der Waals surface area contributed by atoms with Crippen LogP contribution in [0.25, 0.3) is 11.3 Å². The number of hydrogen-bond donors (Lipinski definition) is 1. The summed E-state index contributed by atoms with van der Waals surface area (Å²) in [5.41, 5.74) is 1.29. The Labute approximate surface area is 144 Å². The molecule has 1 saturated heterocycles. The minimum atomic E-state index is -0.497. The monoisotopic (exact) mass is 346 g/mol. The fourth-order valence-corrected chi connectivity index (χ4v) is 2.71. The molecule has 2 aromatic rings. The van der Waals surface area contributed by atoms with Crippen LogP contribution in [0.1, 0.15) is 12.7 Å². The number of carbonyl (C=O) groups is 2. The molecule has 25 heavy (non-hydrogen) atoms. The van der Waals surface area contributed by atoms with Crippen molar-refractivity contribution in [1.82, 2.24) is 20.3 Å². The Morgan fingerprint density at radius 3 is 2.80 bits per heavy atom. The normalized spacial score (nSPS) is 17.7. The van der Waals surface area contributed by atoms with Gasteiger partial charge in [-0.25, -0.2) is 9.18 Å². The van der Waals surface area contributed by atoms with Crippen molar-refractivity contribution in [3.63, 3.8) is 0 Å². The van der Waals surface area contributed by atoms with Crippen LogP contribution in [0.3, 0.4) is 0 Å². The minimum Gasteiger partial charge on any atom is -0.359 e. The topological polar surface area (TPSA) is 78.7 Å². The maximum absolute atomic E-state index is 13.0. The van der Waals surface area contributed by atoms with Crippen molar-refractivity contribution in [1.29, 1.82) is 0 Å². The number of halogens is 1. The van der Waals surface area contributed by atoms with Crippen LogP contribution in [0.2, 0.25) is 0 Å². The second-order valence-corrected chi connectivity index (χ2v) is 5.97. The molecule has 1 aromatic carbocycles. The molecule has 1 fully saturated rings. The lowest BCUT2D eigenvalue weighted by Gasteiger charge is -2.37. The van der Waals surface area contributed by atoms with Gasteiger partial charge in [0.05, 0.1) is 6.54 Å². The third kappa shape index (κ3) is 3.62. The lowest BCUT2D eigenvalue weighted by molar-refractivity contribution is -0.137. The number of nitrogens with one attached hydrogen (secondary N) is 1. The highest BCUT2D eigenvalue weighted by Gasteiger charge is 2.32. The summed E-state index contributed by atoms with van der Waals surface area (Å²) in [5, 5.41) is 6.65. The van der Waals surface area contributed by atoms with E-state index in [0.717, 1.165) is 5.56 Å². The minimum absolute atomic E-state index is 0.0836. The molecule has 1 aromatic heterocycles. The Kier molecular flexibility index (Phi) is 4.69. The van der Waals surface area contributed by atoms with Crippen LogP contribution < -0.4 is 5.32 Å². The van der Waals surface area contributed by atoms with E-state index in [-0.39, 0.29) is 24.3 Å². The molecule has 1 unspecified atom stereocenters. The van der Waals surface area contributed by atoms with Crippen molar-refractivity contribution >= 4 is 11.9 Å². The highest BCUT2D eigenvalue weighted by Crippen LogP contribution is 2.19. The van der Waals surface area contributed by atoms with Crippen LogP contribution >= 0.6 is 0 Å². The second kappa shape index (κ2) is 6.92. The number of hydrogen-bond acceptors (Lipinski definition) is 4. The molecule has 8 heteroatoms. The predicted octanol–water partition coefficient (Wildman–Crippen LogP) is 1.85. The fraction of sp³-hybridized carbons (Fsp3) is 0.353. The molecule has 0 radical (unpaired) electrons. The Hall–Kier alpha value is -2.90. The predicted molar refractivity (Wildman–Crippen MR) is 87.9 cm³/mol. The summed E-state index contributed by atoms with van der Waals surface area (Å²) in [6, 6.07) is 6.76. The van der Waals surface area contributed by atoms with Crippen LogP contribution in [-0.4, -0.2) is 53.1 Å². The van der Waals surface area contributed by atoms with Crippen molar-refractivity contribution in [3.05, 3.63) is 41.9 Å². The number of aromatic nitrogens is 1. The first-order chi connectivity index (χ1) is 12.0. The van der Waals surface area contributed by atoms with Gasteiger partial charge in [-0.1, -0.05) is 5.16 Å². The van der Waals surface area contributed by atoms with Crippen molar-refractivity contribution in [2.45, 2.75) is 19.5 Å². The van der Waals surface area contributed by atoms with Crippen LogP contribution in [0, 0.1) is 5.82 Å². The van der Waals surface area contributed by atoms with Gasteiger partial charge in [0.25, 0.3) is 0 Å². The number of piperazine rings is 1. The summed E-state index contributed by atoms with van der Waals surface area (Å²) in [4.78, 5) is 27.3. The van der Waals surface area contributed by atoms with E-state index in [9.17, 15) is 14.0 Å². The van der Waals surface area contributed by atoms with Crippen LogP contribution in [-0.2, 0) is 11.3 Å². The molecule has 1 aliphatic heterocycles. The number of urea groups is 1. The molecule has 1 atom stereocenters. The van der Waals surface area contributed by atoms with Crippen LogP contribution in [0.5, 0.6) is 0 Å². The number of nitrogens with zero attached hydrogens (tertiary/aromatic N) is 3. The largest absolute Gasteiger partial charge is 0.359 e. The number of amides is 3. The summed E-state index contributed by atoms with van der Waals surface area (Å²) in [7, 11) is 1.72. The number of benzene rings is 1. The molecule has 0 aliphatic carbocycles. The number of carbonyl (C=O) groups excluding carboxylic acids is 2. The van der Waals surface area contributed by atoms with E-state index in [0.29, 0.717) is 24.5 Å². The molecule has 0 spiro atoms. The highest BCUT2D eigenvalue weighted by molar-refractivity contribution is 5.87.